The highest BCUT2D eigenvalue weighted by atomic mass is 16.1. The molecule has 1 aliphatic carbocycles. The van der Waals surface area contributed by atoms with Crippen LogP contribution in [0.3, 0.4) is 0 Å². The second-order valence-corrected chi connectivity index (χ2v) is 8.59. The summed E-state index contributed by atoms with van der Waals surface area (Å²) in [5, 5.41) is 21.7. The molecule has 0 fully saturated rings. The van der Waals surface area contributed by atoms with E-state index in [-0.39, 0.29) is 17.3 Å². The van der Waals surface area contributed by atoms with Crippen molar-refractivity contribution in [1.29, 1.82) is 10.5 Å². The maximum Gasteiger partial charge on any atom is 0.155 e. The molecule has 0 unspecified atom stereocenters. The van der Waals surface area contributed by atoms with Crippen molar-refractivity contribution in [3.05, 3.63) is 113 Å². The van der Waals surface area contributed by atoms with Gasteiger partial charge in [0.15, 0.2) is 5.78 Å². The minimum Gasteiger partial charge on any atom is -0.295 e. The lowest BCUT2D eigenvalue weighted by molar-refractivity contribution is -0.115. The van der Waals surface area contributed by atoms with Crippen molar-refractivity contribution in [3.8, 4) is 12.1 Å². The molecule has 0 amide bonds. The van der Waals surface area contributed by atoms with Crippen molar-refractivity contribution in [2.45, 2.75) is 38.0 Å². The van der Waals surface area contributed by atoms with E-state index in [1.165, 1.54) is 16.3 Å². The number of fused-ring (bicyclic) bond motifs is 1. The lowest BCUT2D eigenvalue weighted by atomic mass is 9.83. The number of hydrogen-bond acceptors (Lipinski definition) is 3. The molecule has 1 aliphatic rings. The van der Waals surface area contributed by atoms with E-state index in [9.17, 15) is 15.3 Å². The summed E-state index contributed by atoms with van der Waals surface area (Å²) in [5.74, 6) is 0.257. The van der Waals surface area contributed by atoms with Gasteiger partial charge < -0.3 is 0 Å². The number of allylic oxidation sites excluding steroid dienone is 6. The first-order chi connectivity index (χ1) is 16.7. The molecule has 0 spiro atoms. The monoisotopic (exact) mass is 442 g/mol. The van der Waals surface area contributed by atoms with E-state index in [0.29, 0.717) is 12.8 Å². The van der Waals surface area contributed by atoms with Crippen molar-refractivity contribution < 1.29 is 4.79 Å². The highest BCUT2D eigenvalue weighted by molar-refractivity contribution is 5.91. The van der Waals surface area contributed by atoms with Crippen LogP contribution < -0.4 is 0 Å². The molecule has 3 heteroatoms. The van der Waals surface area contributed by atoms with Gasteiger partial charge in [-0.2, -0.15) is 10.5 Å². The molecule has 0 saturated carbocycles. The maximum atomic E-state index is 11.8. The second kappa shape index (κ2) is 11.1. The first-order valence-electron chi connectivity index (χ1n) is 11.7. The Morgan fingerprint density at radius 2 is 1.65 bits per heavy atom. The number of ketones is 1. The molecule has 0 bridgehead atoms. The van der Waals surface area contributed by atoms with Gasteiger partial charge in [0.1, 0.15) is 17.7 Å². The SMILES string of the molecule is N#CC(C#N)=C(C[C@H](C/C=C/C1=CC(=O)CCC1)c1cccc2ccccc12)c1ccccc1. The van der Waals surface area contributed by atoms with Gasteiger partial charge in [0.25, 0.3) is 0 Å². The third kappa shape index (κ3) is 5.40. The third-order valence-corrected chi connectivity index (χ3v) is 6.35. The molecule has 0 heterocycles. The fraction of sp³-hybridized carbons (Fsp3) is 0.194. The predicted molar refractivity (Wildman–Crippen MR) is 137 cm³/mol. The van der Waals surface area contributed by atoms with Crippen molar-refractivity contribution >= 4 is 22.1 Å². The summed E-state index contributed by atoms with van der Waals surface area (Å²) in [6.45, 7) is 0. The molecular weight excluding hydrogens is 416 g/mol. The molecule has 1 atom stereocenters. The topological polar surface area (TPSA) is 64.7 Å². The smallest absolute Gasteiger partial charge is 0.155 e. The Kier molecular flexibility index (Phi) is 7.49. The van der Waals surface area contributed by atoms with E-state index in [2.05, 4.69) is 54.6 Å². The first-order valence-corrected chi connectivity index (χ1v) is 11.7. The molecule has 0 saturated heterocycles. The van der Waals surface area contributed by atoms with Gasteiger partial charge in [-0.1, -0.05) is 84.9 Å². The van der Waals surface area contributed by atoms with Crippen LogP contribution in [0.5, 0.6) is 0 Å². The van der Waals surface area contributed by atoms with Crippen LogP contribution in [0.25, 0.3) is 16.3 Å². The fourth-order valence-corrected chi connectivity index (χ4v) is 4.67. The number of nitriles is 2. The molecular formula is C31H26N2O. The zero-order valence-electron chi connectivity index (χ0n) is 19.1. The summed E-state index contributed by atoms with van der Waals surface area (Å²) >= 11 is 0. The van der Waals surface area contributed by atoms with E-state index in [4.69, 9.17) is 0 Å². The molecule has 0 radical (unpaired) electrons. The zero-order chi connectivity index (χ0) is 23.8. The Hall–Kier alpha value is -4.21. The van der Waals surface area contributed by atoms with Crippen LogP contribution in [0.1, 0.15) is 49.1 Å². The van der Waals surface area contributed by atoms with Gasteiger partial charge in [0, 0.05) is 6.42 Å². The van der Waals surface area contributed by atoms with Crippen LogP contribution in [-0.4, -0.2) is 5.78 Å². The lowest BCUT2D eigenvalue weighted by Crippen LogP contribution is -2.03. The Balaban J connectivity index is 1.75. The van der Waals surface area contributed by atoms with Crippen LogP contribution >= 0.6 is 0 Å². The van der Waals surface area contributed by atoms with Gasteiger partial charge >= 0.3 is 0 Å². The van der Waals surface area contributed by atoms with E-state index in [1.54, 1.807) is 6.08 Å². The average Bonchev–Trinajstić information content (AvgIpc) is 2.88. The van der Waals surface area contributed by atoms with E-state index >= 15 is 0 Å². The summed E-state index contributed by atoms with van der Waals surface area (Å²) in [4.78, 5) is 11.8. The van der Waals surface area contributed by atoms with Crippen LogP contribution in [0, 0.1) is 22.7 Å². The summed E-state index contributed by atoms with van der Waals surface area (Å²) in [6, 6.07) is 28.6. The highest BCUT2D eigenvalue weighted by Crippen LogP contribution is 2.37. The second-order valence-electron chi connectivity index (χ2n) is 8.59. The fourth-order valence-electron chi connectivity index (χ4n) is 4.67. The minimum absolute atomic E-state index is 0.0640. The number of nitrogens with zero attached hydrogens (tertiary/aromatic N) is 2. The molecule has 3 aromatic rings. The predicted octanol–water partition coefficient (Wildman–Crippen LogP) is 7.44. The molecule has 0 aromatic heterocycles. The van der Waals surface area contributed by atoms with Crippen molar-refractivity contribution in [2.24, 2.45) is 0 Å². The number of benzene rings is 3. The molecule has 0 aliphatic heterocycles. The minimum atomic E-state index is 0.0640. The first kappa shape index (κ1) is 23.0. The van der Waals surface area contributed by atoms with Crippen LogP contribution in [-0.2, 0) is 4.79 Å². The molecule has 34 heavy (non-hydrogen) atoms. The van der Waals surface area contributed by atoms with Gasteiger partial charge in [-0.3, -0.25) is 4.79 Å². The Bertz CT molecular complexity index is 1340. The molecule has 0 N–H and O–H groups in total. The summed E-state index contributed by atoms with van der Waals surface area (Å²) in [7, 11) is 0. The third-order valence-electron chi connectivity index (χ3n) is 6.35. The van der Waals surface area contributed by atoms with Crippen molar-refractivity contribution in [3.63, 3.8) is 0 Å². The average molecular weight is 443 g/mol. The van der Waals surface area contributed by atoms with Gasteiger partial charge in [-0.15, -0.1) is 0 Å². The van der Waals surface area contributed by atoms with Crippen LogP contribution in [0.15, 0.2) is 102 Å². The van der Waals surface area contributed by atoms with Gasteiger partial charge in [-0.05, 0) is 70.7 Å². The molecule has 4 rings (SSSR count). The largest absolute Gasteiger partial charge is 0.295 e. The number of carbonyl (C=O) groups excluding carboxylic acids is 1. The summed E-state index contributed by atoms with van der Waals surface area (Å²) in [6.07, 6.45) is 9.71. The van der Waals surface area contributed by atoms with Gasteiger partial charge in [0.2, 0.25) is 0 Å². The van der Waals surface area contributed by atoms with Crippen molar-refractivity contribution in [2.75, 3.05) is 0 Å². The lowest BCUT2D eigenvalue weighted by Gasteiger charge is -2.21. The number of hydrogen-bond donors (Lipinski definition) is 0. The Morgan fingerprint density at radius 1 is 0.912 bits per heavy atom. The zero-order valence-corrected chi connectivity index (χ0v) is 19.1. The van der Waals surface area contributed by atoms with Crippen LogP contribution in [0.4, 0.5) is 0 Å². The van der Waals surface area contributed by atoms with E-state index in [0.717, 1.165) is 36.0 Å². The molecule has 166 valence electrons. The Labute approximate surface area is 201 Å². The van der Waals surface area contributed by atoms with E-state index in [1.807, 2.05) is 42.5 Å². The molecule has 3 nitrogen and oxygen atoms in total. The Morgan fingerprint density at radius 3 is 2.41 bits per heavy atom. The molecule has 3 aromatic carbocycles. The maximum absolute atomic E-state index is 11.8. The number of carbonyl (C=O) groups is 1. The van der Waals surface area contributed by atoms with Crippen molar-refractivity contribution in [1.82, 2.24) is 0 Å². The van der Waals surface area contributed by atoms with Crippen LogP contribution in [0.2, 0.25) is 0 Å². The van der Waals surface area contributed by atoms with Gasteiger partial charge in [-0.25, -0.2) is 0 Å². The standard InChI is InChI=1S/C31H26N2O/c32-21-27(22-33)31(25-11-2-1-3-12-25)20-26(15-6-9-23-10-7-16-28(34)19-23)30-18-8-14-24-13-4-5-17-29(24)30/h1-6,8-9,11-14,17-19,26H,7,10,15-16,20H2/b9-6+/t26-/m0/s1. The van der Waals surface area contributed by atoms with Gasteiger partial charge in [0.05, 0.1) is 0 Å². The van der Waals surface area contributed by atoms with E-state index < -0.39 is 0 Å². The summed E-state index contributed by atoms with van der Waals surface area (Å²) < 4.78 is 0. The normalized spacial score (nSPS) is 14.3. The quantitative estimate of drug-likeness (QED) is 0.357. The summed E-state index contributed by atoms with van der Waals surface area (Å²) in [5.41, 5.74) is 4.09. The number of rotatable bonds is 7. The highest BCUT2D eigenvalue weighted by Gasteiger charge is 2.19.